The molecule has 3 aromatic rings. The largest absolute Gasteiger partial charge is 0.493 e. The van der Waals surface area contributed by atoms with Crippen molar-refractivity contribution in [3.63, 3.8) is 0 Å². The molecule has 2 aromatic heterocycles. The van der Waals surface area contributed by atoms with Crippen molar-refractivity contribution in [3.8, 4) is 22.9 Å². The van der Waals surface area contributed by atoms with Crippen LogP contribution in [0.4, 0.5) is 10.2 Å². The van der Waals surface area contributed by atoms with Gasteiger partial charge >= 0.3 is 0 Å². The van der Waals surface area contributed by atoms with Gasteiger partial charge < -0.3 is 19.9 Å². The summed E-state index contributed by atoms with van der Waals surface area (Å²) >= 11 is 0. The van der Waals surface area contributed by atoms with E-state index in [9.17, 15) is 17.6 Å². The van der Waals surface area contributed by atoms with E-state index >= 15 is 0 Å². The first-order chi connectivity index (χ1) is 18.1. The van der Waals surface area contributed by atoms with Crippen molar-refractivity contribution in [2.24, 2.45) is 11.8 Å². The van der Waals surface area contributed by atoms with Crippen molar-refractivity contribution in [2.75, 3.05) is 32.2 Å². The number of pyridine rings is 2. The van der Waals surface area contributed by atoms with E-state index < -0.39 is 26.8 Å². The smallest absolute Gasteiger partial charge is 0.281 e. The highest BCUT2D eigenvalue weighted by Gasteiger charge is 2.25. The van der Waals surface area contributed by atoms with Gasteiger partial charge in [-0.05, 0) is 48.7 Å². The number of carbonyl (C=O) groups is 1. The number of sulfonamides is 1. The molecule has 1 aliphatic rings. The number of hydrogen-bond donors (Lipinski definition) is 2. The fraction of sp³-hybridized carbons (Fsp3) is 0.346. The van der Waals surface area contributed by atoms with Gasteiger partial charge in [-0.1, -0.05) is 19.9 Å². The van der Waals surface area contributed by atoms with Crippen molar-refractivity contribution >= 4 is 21.7 Å². The zero-order valence-corrected chi connectivity index (χ0v) is 21.8. The van der Waals surface area contributed by atoms with E-state index in [0.717, 1.165) is 6.42 Å². The minimum Gasteiger partial charge on any atom is -0.493 e. The number of nitrogens with one attached hydrogen (secondary N) is 1. The van der Waals surface area contributed by atoms with Gasteiger partial charge in [0.2, 0.25) is 5.88 Å². The number of nitrogens with two attached hydrogens (primary N) is 1. The summed E-state index contributed by atoms with van der Waals surface area (Å²) in [6, 6.07) is 11.1. The van der Waals surface area contributed by atoms with E-state index in [1.807, 2.05) is 18.6 Å². The SMILES string of the molecule is CC(C)COc1cc(F)cc(-c2ccc(C(=O)NS(=O)(=O)c3cccc(N)n3)c(OCC3CCOC3)n2)c1. The third-order valence-electron chi connectivity index (χ3n) is 5.58. The number of anilines is 1. The maximum atomic E-state index is 14.4. The first kappa shape index (κ1) is 27.3. The van der Waals surface area contributed by atoms with Crippen molar-refractivity contribution in [3.05, 3.63) is 59.9 Å². The van der Waals surface area contributed by atoms with Crippen molar-refractivity contribution in [2.45, 2.75) is 25.3 Å². The van der Waals surface area contributed by atoms with Crippen LogP contribution in [0.5, 0.6) is 11.6 Å². The maximum Gasteiger partial charge on any atom is 0.281 e. The van der Waals surface area contributed by atoms with E-state index in [1.165, 1.54) is 42.5 Å². The molecule has 1 aliphatic heterocycles. The van der Waals surface area contributed by atoms with E-state index in [4.69, 9.17) is 19.9 Å². The zero-order chi connectivity index (χ0) is 27.3. The van der Waals surface area contributed by atoms with E-state index in [1.54, 1.807) is 6.07 Å². The Hall–Kier alpha value is -3.77. The van der Waals surface area contributed by atoms with Crippen LogP contribution >= 0.6 is 0 Å². The summed E-state index contributed by atoms with van der Waals surface area (Å²) < 4.78 is 58.7. The molecule has 10 nitrogen and oxygen atoms in total. The molecule has 1 unspecified atom stereocenters. The standard InChI is InChI=1S/C26H29FN4O6S/c1-16(2)13-36-20-11-18(10-19(27)12-20)22-7-6-21(26(29-22)37-15-17-8-9-35-14-17)25(32)31-38(33,34)24-5-3-4-23(28)30-24/h3-7,10-12,16-17H,8-9,13-15H2,1-2H3,(H2,28,30)(H,31,32). The normalized spacial score (nSPS) is 15.4. The van der Waals surface area contributed by atoms with Crippen molar-refractivity contribution in [1.29, 1.82) is 0 Å². The van der Waals surface area contributed by atoms with Gasteiger partial charge in [0.15, 0.2) is 5.03 Å². The molecule has 0 radical (unpaired) electrons. The molecule has 38 heavy (non-hydrogen) atoms. The summed E-state index contributed by atoms with van der Waals surface area (Å²) in [7, 11) is -4.32. The molecule has 4 rings (SSSR count). The van der Waals surface area contributed by atoms with Gasteiger partial charge in [0.05, 0.1) is 25.5 Å². The number of nitrogens with zero attached hydrogens (tertiary/aromatic N) is 2. The Kier molecular flexibility index (Phi) is 8.42. The van der Waals surface area contributed by atoms with Crippen molar-refractivity contribution in [1.82, 2.24) is 14.7 Å². The summed E-state index contributed by atoms with van der Waals surface area (Å²) in [6.07, 6.45) is 0.775. The molecule has 1 aromatic carbocycles. The number of hydrogen-bond acceptors (Lipinski definition) is 9. The number of amides is 1. The van der Waals surface area contributed by atoms with Crippen LogP contribution in [0.1, 0.15) is 30.6 Å². The summed E-state index contributed by atoms with van der Waals surface area (Å²) in [5, 5.41) is -0.408. The van der Waals surface area contributed by atoms with Crippen LogP contribution in [0, 0.1) is 17.7 Å². The highest BCUT2D eigenvalue weighted by Crippen LogP contribution is 2.29. The van der Waals surface area contributed by atoms with Gasteiger partial charge in [-0.3, -0.25) is 4.79 Å². The highest BCUT2D eigenvalue weighted by molar-refractivity contribution is 7.90. The van der Waals surface area contributed by atoms with Crippen LogP contribution in [0.3, 0.4) is 0 Å². The average molecular weight is 545 g/mol. The van der Waals surface area contributed by atoms with Gasteiger partial charge in [-0.15, -0.1) is 0 Å². The van der Waals surface area contributed by atoms with Gasteiger partial charge in [-0.25, -0.2) is 19.1 Å². The van der Waals surface area contributed by atoms with Crippen LogP contribution in [0.2, 0.25) is 0 Å². The van der Waals surface area contributed by atoms with Gasteiger partial charge in [-0.2, -0.15) is 8.42 Å². The molecule has 1 saturated heterocycles. The van der Waals surface area contributed by atoms with Crippen LogP contribution in [0.25, 0.3) is 11.3 Å². The maximum absolute atomic E-state index is 14.4. The van der Waals surface area contributed by atoms with Gasteiger partial charge in [0.25, 0.3) is 15.9 Å². The molecule has 12 heteroatoms. The quantitative estimate of drug-likeness (QED) is 0.392. The number of carbonyl (C=O) groups excluding carboxylic acids is 1. The Morgan fingerprint density at radius 3 is 2.71 bits per heavy atom. The lowest BCUT2D eigenvalue weighted by atomic mass is 10.1. The van der Waals surface area contributed by atoms with E-state index in [2.05, 4.69) is 9.97 Å². The summed E-state index contributed by atoms with van der Waals surface area (Å²) in [6.45, 7) is 5.66. The minimum absolute atomic E-state index is 0.0130. The van der Waals surface area contributed by atoms with Crippen molar-refractivity contribution < 1.29 is 31.8 Å². The number of ether oxygens (including phenoxy) is 3. The second kappa shape index (κ2) is 11.7. The number of nitrogen functional groups attached to an aromatic ring is 1. The second-order valence-electron chi connectivity index (χ2n) is 9.31. The molecule has 0 saturated carbocycles. The molecule has 1 amide bonds. The second-order valence-corrected chi connectivity index (χ2v) is 10.9. The predicted octanol–water partition coefficient (Wildman–Crippen LogP) is 3.43. The van der Waals surface area contributed by atoms with Crippen LogP contribution < -0.4 is 19.9 Å². The third-order valence-corrected chi connectivity index (χ3v) is 6.81. The van der Waals surface area contributed by atoms with Crippen LogP contribution in [0.15, 0.2) is 53.6 Å². The molecule has 202 valence electrons. The molecule has 0 bridgehead atoms. The monoisotopic (exact) mass is 544 g/mol. The number of halogens is 1. The molecule has 3 N–H and O–H groups in total. The van der Waals surface area contributed by atoms with Crippen LogP contribution in [-0.4, -0.2) is 50.7 Å². The lowest BCUT2D eigenvalue weighted by Gasteiger charge is -2.15. The topological polar surface area (TPSA) is 143 Å². The molecule has 3 heterocycles. The minimum atomic E-state index is -4.32. The van der Waals surface area contributed by atoms with E-state index in [0.29, 0.717) is 36.8 Å². The summed E-state index contributed by atoms with van der Waals surface area (Å²) in [5.41, 5.74) is 6.18. The summed E-state index contributed by atoms with van der Waals surface area (Å²) in [5.74, 6) is -0.929. The Balaban J connectivity index is 1.65. The lowest BCUT2D eigenvalue weighted by Crippen LogP contribution is -2.32. The number of benzene rings is 1. The fourth-order valence-corrected chi connectivity index (χ4v) is 4.60. The molecule has 1 fully saturated rings. The molecule has 0 aliphatic carbocycles. The van der Waals surface area contributed by atoms with E-state index in [-0.39, 0.29) is 35.7 Å². The molecular formula is C26H29FN4O6S. The molecule has 1 atom stereocenters. The predicted molar refractivity (Wildman–Crippen MR) is 138 cm³/mol. The number of rotatable bonds is 10. The first-order valence-corrected chi connectivity index (χ1v) is 13.5. The Labute approximate surface area is 220 Å². The zero-order valence-electron chi connectivity index (χ0n) is 21.0. The Morgan fingerprint density at radius 2 is 2.00 bits per heavy atom. The lowest BCUT2D eigenvalue weighted by molar-refractivity contribution is 0.0974. The Bertz CT molecular complexity index is 1410. The average Bonchev–Trinajstić information content (AvgIpc) is 3.39. The van der Waals surface area contributed by atoms with Crippen LogP contribution in [-0.2, 0) is 14.8 Å². The van der Waals surface area contributed by atoms with Gasteiger partial charge in [0, 0.05) is 24.2 Å². The number of aromatic nitrogens is 2. The van der Waals surface area contributed by atoms with Gasteiger partial charge in [0.1, 0.15) is 22.9 Å². The highest BCUT2D eigenvalue weighted by atomic mass is 32.2. The Morgan fingerprint density at radius 1 is 1.18 bits per heavy atom. The first-order valence-electron chi connectivity index (χ1n) is 12.1. The third kappa shape index (κ3) is 6.95. The fourth-order valence-electron chi connectivity index (χ4n) is 3.66. The molecular weight excluding hydrogens is 515 g/mol. The molecule has 0 spiro atoms. The summed E-state index contributed by atoms with van der Waals surface area (Å²) in [4.78, 5) is 21.3.